The lowest BCUT2D eigenvalue weighted by molar-refractivity contribution is 0.0947. The molecule has 0 bridgehead atoms. The third-order valence-corrected chi connectivity index (χ3v) is 4.76. The van der Waals surface area contributed by atoms with E-state index in [4.69, 9.17) is 4.74 Å². The van der Waals surface area contributed by atoms with Crippen LogP contribution in [0.2, 0.25) is 0 Å². The van der Waals surface area contributed by atoms with Gasteiger partial charge in [-0.15, -0.1) is 0 Å². The van der Waals surface area contributed by atoms with Crippen LogP contribution < -0.4 is 10.1 Å². The third-order valence-electron chi connectivity index (χ3n) is 4.76. The molecule has 0 saturated carbocycles. The molecule has 0 aliphatic carbocycles. The first-order valence-corrected chi connectivity index (χ1v) is 8.67. The Morgan fingerprint density at radius 2 is 1.46 bits per heavy atom. The van der Waals surface area contributed by atoms with E-state index in [0.717, 1.165) is 11.1 Å². The molecule has 1 amide bonds. The van der Waals surface area contributed by atoms with Gasteiger partial charge in [-0.3, -0.25) is 4.79 Å². The Balaban J connectivity index is 1.86. The van der Waals surface area contributed by atoms with Crippen molar-refractivity contribution in [2.45, 2.75) is 12.3 Å². The predicted octanol–water partition coefficient (Wildman–Crippen LogP) is 4.43. The molecule has 1 N–H and O–H groups in total. The minimum atomic E-state index is -0.322. The Kier molecular flexibility index (Phi) is 5.37. The van der Waals surface area contributed by atoms with E-state index in [1.807, 2.05) is 48.5 Å². The van der Waals surface area contributed by atoms with Crippen molar-refractivity contribution in [3.63, 3.8) is 0 Å². The van der Waals surface area contributed by atoms with Crippen molar-refractivity contribution in [2.24, 2.45) is 0 Å². The van der Waals surface area contributed by atoms with Crippen molar-refractivity contribution in [1.82, 2.24) is 5.32 Å². The van der Waals surface area contributed by atoms with Crippen molar-refractivity contribution in [3.8, 4) is 5.75 Å². The van der Waals surface area contributed by atoms with Gasteiger partial charge in [0.15, 0.2) is 0 Å². The highest BCUT2D eigenvalue weighted by atomic mass is 16.5. The van der Waals surface area contributed by atoms with Crippen molar-refractivity contribution in [1.29, 1.82) is 0 Å². The lowest BCUT2D eigenvalue weighted by Gasteiger charge is -2.31. The molecule has 0 spiro atoms. The second kappa shape index (κ2) is 7.87. The largest absolute Gasteiger partial charge is 0.497 e. The van der Waals surface area contributed by atoms with Gasteiger partial charge < -0.3 is 10.1 Å². The number of carbonyl (C=O) groups is 1. The van der Waals surface area contributed by atoms with Gasteiger partial charge in [-0.05, 0) is 36.2 Å². The fraction of sp³-hybridized carbons (Fsp3) is 0.174. The molecule has 0 unspecified atom stereocenters. The second-order valence-electron chi connectivity index (χ2n) is 6.48. The van der Waals surface area contributed by atoms with Gasteiger partial charge in [-0.2, -0.15) is 0 Å². The van der Waals surface area contributed by atoms with Crippen molar-refractivity contribution < 1.29 is 9.53 Å². The highest BCUT2D eigenvalue weighted by Gasteiger charge is 2.29. The van der Waals surface area contributed by atoms with E-state index in [-0.39, 0.29) is 11.3 Å². The van der Waals surface area contributed by atoms with Crippen LogP contribution in [0, 0.1) is 0 Å². The van der Waals surface area contributed by atoms with E-state index in [9.17, 15) is 4.79 Å². The standard InChI is InChI=1S/C23H23NO2/c1-23(19-11-5-3-6-12-19,20-13-7-4-8-14-20)17-24-22(25)18-10-9-15-21(16-18)26-2/h3-16H,17H2,1-2H3,(H,24,25). The zero-order chi connectivity index (χ0) is 18.4. The number of nitrogens with one attached hydrogen (secondary N) is 1. The molecule has 3 aromatic rings. The molecule has 0 aromatic heterocycles. The average molecular weight is 345 g/mol. The minimum absolute atomic E-state index is 0.109. The summed E-state index contributed by atoms with van der Waals surface area (Å²) in [6.45, 7) is 2.65. The Bertz CT molecular complexity index is 820. The molecule has 0 aliphatic rings. The van der Waals surface area contributed by atoms with Crippen LogP contribution in [0.1, 0.15) is 28.4 Å². The lowest BCUT2D eigenvalue weighted by atomic mass is 9.76. The van der Waals surface area contributed by atoms with Crippen LogP contribution >= 0.6 is 0 Å². The Labute approximate surface area is 154 Å². The maximum atomic E-state index is 12.7. The zero-order valence-corrected chi connectivity index (χ0v) is 15.1. The van der Waals surface area contributed by atoms with Gasteiger partial charge in [-0.25, -0.2) is 0 Å². The Morgan fingerprint density at radius 1 is 0.885 bits per heavy atom. The van der Waals surface area contributed by atoms with Gasteiger partial charge in [0.25, 0.3) is 5.91 Å². The van der Waals surface area contributed by atoms with Gasteiger partial charge in [-0.1, -0.05) is 66.7 Å². The molecule has 3 rings (SSSR count). The number of hydrogen-bond donors (Lipinski definition) is 1. The van der Waals surface area contributed by atoms with E-state index in [2.05, 4.69) is 36.5 Å². The Morgan fingerprint density at radius 3 is 2.00 bits per heavy atom. The van der Waals surface area contributed by atoms with Gasteiger partial charge in [0.1, 0.15) is 5.75 Å². The van der Waals surface area contributed by atoms with Crippen LogP contribution in [0.25, 0.3) is 0 Å². The number of amides is 1. The quantitative estimate of drug-likeness (QED) is 0.718. The Hall–Kier alpha value is -3.07. The molecule has 26 heavy (non-hydrogen) atoms. The molecule has 3 heteroatoms. The van der Waals surface area contributed by atoms with E-state index >= 15 is 0 Å². The molecular weight excluding hydrogens is 322 g/mol. The normalized spacial score (nSPS) is 11.0. The van der Waals surface area contributed by atoms with E-state index in [0.29, 0.717) is 17.9 Å². The van der Waals surface area contributed by atoms with E-state index in [1.54, 1.807) is 19.2 Å². The van der Waals surface area contributed by atoms with Gasteiger partial charge >= 0.3 is 0 Å². The summed E-state index contributed by atoms with van der Waals surface area (Å²) in [4.78, 5) is 12.7. The SMILES string of the molecule is COc1cccc(C(=O)NCC(C)(c2ccccc2)c2ccccc2)c1. The summed E-state index contributed by atoms with van der Waals surface area (Å²) >= 11 is 0. The topological polar surface area (TPSA) is 38.3 Å². The van der Waals surface area contributed by atoms with Crippen LogP contribution in [0.5, 0.6) is 5.75 Å². The molecular formula is C23H23NO2. The zero-order valence-electron chi connectivity index (χ0n) is 15.1. The van der Waals surface area contributed by atoms with Crippen LogP contribution in [0.15, 0.2) is 84.9 Å². The highest BCUT2D eigenvalue weighted by Crippen LogP contribution is 2.31. The monoisotopic (exact) mass is 345 g/mol. The number of ether oxygens (including phenoxy) is 1. The third kappa shape index (κ3) is 3.77. The fourth-order valence-electron chi connectivity index (χ4n) is 3.11. The fourth-order valence-corrected chi connectivity index (χ4v) is 3.11. The molecule has 0 fully saturated rings. The lowest BCUT2D eigenvalue weighted by Crippen LogP contribution is -2.39. The summed E-state index contributed by atoms with van der Waals surface area (Å²) in [6, 6.07) is 27.7. The van der Waals surface area contributed by atoms with Gasteiger partial charge in [0, 0.05) is 17.5 Å². The summed E-state index contributed by atoms with van der Waals surface area (Å²) in [6.07, 6.45) is 0. The van der Waals surface area contributed by atoms with Crippen LogP contribution in [-0.4, -0.2) is 19.6 Å². The molecule has 3 aromatic carbocycles. The van der Waals surface area contributed by atoms with Crippen molar-refractivity contribution in [3.05, 3.63) is 102 Å². The van der Waals surface area contributed by atoms with E-state index < -0.39 is 0 Å². The molecule has 3 nitrogen and oxygen atoms in total. The molecule has 0 atom stereocenters. The van der Waals surface area contributed by atoms with Crippen molar-refractivity contribution >= 4 is 5.91 Å². The van der Waals surface area contributed by atoms with E-state index in [1.165, 1.54) is 0 Å². The first-order chi connectivity index (χ1) is 12.6. The first kappa shape index (κ1) is 17.7. The van der Waals surface area contributed by atoms with Crippen molar-refractivity contribution in [2.75, 3.05) is 13.7 Å². The van der Waals surface area contributed by atoms with Crippen LogP contribution in [-0.2, 0) is 5.41 Å². The smallest absolute Gasteiger partial charge is 0.251 e. The summed E-state index contributed by atoms with van der Waals surface area (Å²) in [5.41, 5.74) is 2.60. The maximum absolute atomic E-state index is 12.7. The molecule has 0 radical (unpaired) electrons. The summed E-state index contributed by atoms with van der Waals surface area (Å²) < 4.78 is 5.21. The molecule has 0 aliphatic heterocycles. The number of hydrogen-bond acceptors (Lipinski definition) is 2. The number of carbonyl (C=O) groups excluding carboxylic acids is 1. The summed E-state index contributed by atoms with van der Waals surface area (Å²) in [7, 11) is 1.60. The average Bonchev–Trinajstić information content (AvgIpc) is 2.73. The predicted molar refractivity (Wildman–Crippen MR) is 105 cm³/mol. The minimum Gasteiger partial charge on any atom is -0.497 e. The molecule has 0 heterocycles. The first-order valence-electron chi connectivity index (χ1n) is 8.67. The molecule has 132 valence electrons. The van der Waals surface area contributed by atoms with Gasteiger partial charge in [0.05, 0.1) is 7.11 Å². The van der Waals surface area contributed by atoms with Crippen LogP contribution in [0.4, 0.5) is 0 Å². The summed E-state index contributed by atoms with van der Waals surface area (Å²) in [5, 5.41) is 3.09. The maximum Gasteiger partial charge on any atom is 0.251 e. The number of methoxy groups -OCH3 is 1. The summed E-state index contributed by atoms with van der Waals surface area (Å²) in [5.74, 6) is 0.563. The van der Waals surface area contributed by atoms with Gasteiger partial charge in [0.2, 0.25) is 0 Å². The number of benzene rings is 3. The molecule has 0 saturated heterocycles. The highest BCUT2D eigenvalue weighted by molar-refractivity contribution is 5.94. The second-order valence-corrected chi connectivity index (χ2v) is 6.48. The number of rotatable bonds is 6. The van der Waals surface area contributed by atoms with Crippen LogP contribution in [0.3, 0.4) is 0 Å².